The number of methoxy groups -OCH3 is 1. The van der Waals surface area contributed by atoms with E-state index in [0.717, 1.165) is 42.0 Å². The first-order chi connectivity index (χ1) is 18.0. The van der Waals surface area contributed by atoms with Crippen molar-refractivity contribution in [3.63, 3.8) is 0 Å². The second-order valence-corrected chi connectivity index (χ2v) is 11.5. The van der Waals surface area contributed by atoms with E-state index in [1.807, 2.05) is 43.3 Å². The molecular formula is C31H40N4O3. The molecule has 2 aromatic carbocycles. The van der Waals surface area contributed by atoms with Crippen LogP contribution in [0.3, 0.4) is 0 Å². The molecule has 0 unspecified atom stereocenters. The molecule has 0 spiro atoms. The molecule has 4 rings (SSSR count). The van der Waals surface area contributed by atoms with Crippen LogP contribution >= 0.6 is 0 Å². The highest BCUT2D eigenvalue weighted by atomic mass is 16.5. The van der Waals surface area contributed by atoms with Crippen molar-refractivity contribution in [1.82, 2.24) is 10.3 Å². The fourth-order valence-corrected chi connectivity index (χ4v) is 5.61. The second kappa shape index (κ2) is 11.0. The van der Waals surface area contributed by atoms with Crippen molar-refractivity contribution in [2.75, 3.05) is 17.7 Å². The Labute approximate surface area is 226 Å². The molecule has 3 aromatic rings. The first kappa shape index (κ1) is 27.5. The van der Waals surface area contributed by atoms with E-state index in [9.17, 15) is 9.90 Å². The van der Waals surface area contributed by atoms with Crippen LogP contribution in [0, 0.1) is 0 Å². The van der Waals surface area contributed by atoms with Gasteiger partial charge in [-0.25, -0.2) is 4.98 Å². The van der Waals surface area contributed by atoms with Gasteiger partial charge in [-0.05, 0) is 101 Å². The smallest absolute Gasteiger partial charge is 0.224 e. The fraction of sp³-hybridized carbons (Fsp3) is 0.419. The third-order valence-electron chi connectivity index (χ3n) is 6.80. The number of piperidine rings is 1. The molecule has 1 saturated heterocycles. The van der Waals surface area contributed by atoms with E-state index in [1.54, 1.807) is 25.3 Å². The van der Waals surface area contributed by atoms with Crippen LogP contribution in [0.25, 0.3) is 22.4 Å². The molecule has 7 heteroatoms. The molecule has 1 aliphatic heterocycles. The monoisotopic (exact) mass is 516 g/mol. The van der Waals surface area contributed by atoms with Crippen molar-refractivity contribution in [2.24, 2.45) is 0 Å². The van der Waals surface area contributed by atoms with Crippen molar-refractivity contribution in [3.05, 3.63) is 54.6 Å². The largest absolute Gasteiger partial charge is 0.507 e. The number of carbonyl (C=O) groups excluding carboxylic acids is 1. The quantitative estimate of drug-likeness (QED) is 0.252. The number of carbonyl (C=O) groups is 1. The van der Waals surface area contributed by atoms with Crippen LogP contribution in [0.4, 0.5) is 11.5 Å². The van der Waals surface area contributed by atoms with E-state index >= 15 is 0 Å². The van der Waals surface area contributed by atoms with Gasteiger partial charge in [0.2, 0.25) is 5.91 Å². The molecule has 0 saturated carbocycles. The average molecular weight is 517 g/mol. The number of pyridine rings is 1. The Balaban J connectivity index is 1.77. The Morgan fingerprint density at radius 1 is 1.05 bits per heavy atom. The number of aromatic hydroxyl groups is 1. The fourth-order valence-electron chi connectivity index (χ4n) is 5.61. The zero-order chi connectivity index (χ0) is 27.5. The number of nitrogens with one attached hydrogen (secondary N) is 3. The summed E-state index contributed by atoms with van der Waals surface area (Å²) >= 11 is 0. The summed E-state index contributed by atoms with van der Waals surface area (Å²) in [4.78, 5) is 17.2. The highest BCUT2D eigenvalue weighted by Crippen LogP contribution is 2.36. The molecular weight excluding hydrogens is 476 g/mol. The van der Waals surface area contributed by atoms with Gasteiger partial charge >= 0.3 is 0 Å². The Hall–Kier alpha value is -3.58. The lowest BCUT2D eigenvalue weighted by Gasteiger charge is -2.46. The maximum atomic E-state index is 12.2. The maximum absolute atomic E-state index is 12.2. The van der Waals surface area contributed by atoms with Crippen molar-refractivity contribution in [3.8, 4) is 33.9 Å². The average Bonchev–Trinajstić information content (AvgIpc) is 2.83. The van der Waals surface area contributed by atoms with Crippen LogP contribution in [0.15, 0.2) is 54.6 Å². The predicted octanol–water partition coefficient (Wildman–Crippen LogP) is 6.59. The molecule has 0 aliphatic carbocycles. The summed E-state index contributed by atoms with van der Waals surface area (Å²) in [7, 11) is 1.65. The number of nitrogens with zero attached hydrogens (tertiary/aromatic N) is 1. The van der Waals surface area contributed by atoms with Gasteiger partial charge in [0.25, 0.3) is 0 Å². The zero-order valence-electron chi connectivity index (χ0n) is 23.3. The number of rotatable bonds is 8. The molecule has 4 N–H and O–H groups in total. The minimum absolute atomic E-state index is 0.0179. The number of hydrogen-bond acceptors (Lipinski definition) is 6. The third kappa shape index (κ3) is 6.84. The lowest BCUT2D eigenvalue weighted by Crippen LogP contribution is -2.60. The van der Waals surface area contributed by atoms with Gasteiger partial charge in [0.1, 0.15) is 17.3 Å². The standard InChI is InChI=1S/C31H40N4O3/c1-7-9-29(37)33-22-12-13-27(36)25(17-22)26-15-21(20-10-8-11-24(14-20)38-6)16-28(34-26)32-23-18-30(2,3)35-31(4,5)19-23/h8,10-17,23,35-36H,7,9,18-19H2,1-6H3,(H,32,34)(H,33,37). The molecule has 1 aromatic heterocycles. The normalized spacial score (nSPS) is 16.6. The third-order valence-corrected chi connectivity index (χ3v) is 6.80. The molecule has 1 aliphatic rings. The van der Waals surface area contributed by atoms with Crippen LogP contribution in [0.2, 0.25) is 0 Å². The lowest BCUT2D eigenvalue weighted by atomic mass is 9.79. The van der Waals surface area contributed by atoms with Crippen LogP contribution < -0.4 is 20.7 Å². The molecule has 38 heavy (non-hydrogen) atoms. The second-order valence-electron chi connectivity index (χ2n) is 11.5. The van der Waals surface area contributed by atoms with Gasteiger partial charge in [0, 0.05) is 34.8 Å². The summed E-state index contributed by atoms with van der Waals surface area (Å²) < 4.78 is 5.46. The molecule has 202 valence electrons. The van der Waals surface area contributed by atoms with E-state index in [0.29, 0.717) is 23.4 Å². The Morgan fingerprint density at radius 3 is 2.47 bits per heavy atom. The topological polar surface area (TPSA) is 95.5 Å². The molecule has 2 heterocycles. The van der Waals surface area contributed by atoms with Gasteiger partial charge in [-0.2, -0.15) is 0 Å². The first-order valence-electron chi connectivity index (χ1n) is 13.3. The van der Waals surface area contributed by atoms with Gasteiger partial charge in [-0.3, -0.25) is 4.79 Å². The number of anilines is 2. The van der Waals surface area contributed by atoms with E-state index < -0.39 is 0 Å². The highest BCUT2D eigenvalue weighted by Gasteiger charge is 2.37. The van der Waals surface area contributed by atoms with Gasteiger partial charge in [-0.15, -0.1) is 0 Å². The Morgan fingerprint density at radius 2 is 1.79 bits per heavy atom. The summed E-state index contributed by atoms with van der Waals surface area (Å²) in [5.41, 5.74) is 3.69. The first-order valence-corrected chi connectivity index (χ1v) is 13.3. The number of phenols is 1. The molecule has 1 amide bonds. The molecule has 0 radical (unpaired) electrons. The summed E-state index contributed by atoms with van der Waals surface area (Å²) in [5.74, 6) is 1.55. The Bertz CT molecular complexity index is 1290. The van der Waals surface area contributed by atoms with Gasteiger partial charge in [0.15, 0.2) is 0 Å². The Kier molecular flexibility index (Phi) is 7.97. The van der Waals surface area contributed by atoms with E-state index in [4.69, 9.17) is 9.72 Å². The number of amides is 1. The minimum Gasteiger partial charge on any atom is -0.507 e. The van der Waals surface area contributed by atoms with Crippen LogP contribution in [0.1, 0.15) is 60.3 Å². The number of phenolic OH excluding ortho intramolecular Hbond substituents is 1. The minimum atomic E-state index is -0.0549. The molecule has 7 nitrogen and oxygen atoms in total. The van der Waals surface area contributed by atoms with Gasteiger partial charge in [-0.1, -0.05) is 19.1 Å². The summed E-state index contributed by atoms with van der Waals surface area (Å²) in [5, 5.41) is 21.2. The van der Waals surface area contributed by atoms with Crippen molar-refractivity contribution in [1.29, 1.82) is 0 Å². The number of benzene rings is 2. The number of aromatic nitrogens is 1. The lowest BCUT2D eigenvalue weighted by molar-refractivity contribution is -0.116. The number of ether oxygens (including phenoxy) is 1. The summed E-state index contributed by atoms with van der Waals surface area (Å²) in [6, 6.07) is 17.2. The van der Waals surface area contributed by atoms with Crippen LogP contribution in [0.5, 0.6) is 11.5 Å². The van der Waals surface area contributed by atoms with E-state index in [-0.39, 0.29) is 28.8 Å². The van der Waals surface area contributed by atoms with Crippen LogP contribution in [-0.2, 0) is 4.79 Å². The van der Waals surface area contributed by atoms with E-state index in [1.165, 1.54) is 0 Å². The van der Waals surface area contributed by atoms with E-state index in [2.05, 4.69) is 43.6 Å². The summed E-state index contributed by atoms with van der Waals surface area (Å²) in [6.07, 6.45) is 3.10. The van der Waals surface area contributed by atoms with Crippen molar-refractivity contribution >= 4 is 17.4 Å². The summed E-state index contributed by atoms with van der Waals surface area (Å²) in [6.45, 7) is 10.9. The van der Waals surface area contributed by atoms with Crippen molar-refractivity contribution < 1.29 is 14.6 Å². The van der Waals surface area contributed by atoms with Gasteiger partial charge in [0.05, 0.1) is 12.8 Å². The van der Waals surface area contributed by atoms with Crippen molar-refractivity contribution in [2.45, 2.75) is 77.4 Å². The maximum Gasteiger partial charge on any atom is 0.224 e. The highest BCUT2D eigenvalue weighted by molar-refractivity contribution is 5.92. The van der Waals surface area contributed by atoms with Crippen LogP contribution in [-0.4, -0.2) is 40.2 Å². The van der Waals surface area contributed by atoms with Gasteiger partial charge < -0.3 is 25.8 Å². The predicted molar refractivity (Wildman–Crippen MR) is 155 cm³/mol. The zero-order valence-corrected chi connectivity index (χ0v) is 23.3. The SMILES string of the molecule is CCCC(=O)Nc1ccc(O)c(-c2cc(-c3cccc(OC)c3)cc(NC3CC(C)(C)NC(C)(C)C3)n2)c1. The number of hydrogen-bond donors (Lipinski definition) is 4. The molecule has 0 atom stereocenters. The molecule has 1 fully saturated rings. The molecule has 0 bridgehead atoms.